The first kappa shape index (κ1) is 17.8. The second kappa shape index (κ2) is 8.41. The van der Waals surface area contributed by atoms with Crippen LogP contribution in [0, 0.1) is 0 Å². The van der Waals surface area contributed by atoms with Gasteiger partial charge < -0.3 is 35.0 Å². The fraction of sp³-hybridized carbons (Fsp3) is 0.278. The number of aromatic nitrogens is 2. The van der Waals surface area contributed by atoms with E-state index in [1.54, 1.807) is 42.5 Å². The van der Waals surface area contributed by atoms with E-state index in [0.29, 0.717) is 42.2 Å². The quantitative estimate of drug-likeness (QED) is 0.363. The summed E-state index contributed by atoms with van der Waals surface area (Å²) in [4.78, 5) is 16.7. The van der Waals surface area contributed by atoms with Gasteiger partial charge in [-0.3, -0.25) is 0 Å². The van der Waals surface area contributed by atoms with Gasteiger partial charge in [0.2, 0.25) is 0 Å². The molecule has 3 aromatic rings. The van der Waals surface area contributed by atoms with Gasteiger partial charge in [-0.25, -0.2) is 4.79 Å². The van der Waals surface area contributed by atoms with Gasteiger partial charge in [-0.05, 0) is 36.4 Å². The van der Waals surface area contributed by atoms with E-state index in [4.69, 9.17) is 9.47 Å². The van der Waals surface area contributed by atoms with Crippen molar-refractivity contribution in [2.45, 2.75) is 6.10 Å². The predicted octanol–water partition coefficient (Wildman–Crippen LogP) is 0.970. The van der Waals surface area contributed by atoms with E-state index in [2.05, 4.69) is 15.3 Å². The Morgan fingerprint density at radius 1 is 1.08 bits per heavy atom. The molecule has 1 heterocycles. The Labute approximate surface area is 149 Å². The van der Waals surface area contributed by atoms with Crippen LogP contribution in [-0.4, -0.2) is 52.6 Å². The van der Waals surface area contributed by atoms with E-state index in [1.807, 2.05) is 0 Å². The molecule has 1 unspecified atom stereocenters. The average Bonchev–Trinajstić information content (AvgIpc) is 3.02. The predicted molar refractivity (Wildman–Crippen MR) is 96.9 cm³/mol. The number of para-hydroxylation sites is 1. The molecule has 0 spiro atoms. The summed E-state index contributed by atoms with van der Waals surface area (Å²) in [6.07, 6.45) is -0.704. The molecule has 0 aliphatic carbocycles. The third-order valence-corrected chi connectivity index (χ3v) is 3.71. The number of aliphatic hydroxyl groups is 1. The summed E-state index contributed by atoms with van der Waals surface area (Å²) >= 11 is 0. The highest BCUT2D eigenvalue weighted by Gasteiger charge is 2.09. The molecule has 0 saturated heterocycles. The zero-order chi connectivity index (χ0) is 18.4. The van der Waals surface area contributed by atoms with Crippen LogP contribution in [0.25, 0.3) is 11.0 Å². The Hall–Kier alpha value is -2.97. The Bertz CT molecular complexity index is 888. The standard InChI is InChI=1S/C18H21N3O5/c22-12-4-6-14(7-5-12)25-9-8-19-10-13(23)11-26-16-3-1-2-15-17(16)21-18(24)20-15/h1-7,13,19,22-23H,8-11H2,(H2,20,21,24). The van der Waals surface area contributed by atoms with Gasteiger partial charge in [-0.15, -0.1) is 0 Å². The van der Waals surface area contributed by atoms with Crippen LogP contribution in [-0.2, 0) is 0 Å². The van der Waals surface area contributed by atoms with Gasteiger partial charge in [0.1, 0.15) is 42.1 Å². The Morgan fingerprint density at radius 3 is 2.69 bits per heavy atom. The largest absolute Gasteiger partial charge is 0.508 e. The van der Waals surface area contributed by atoms with Gasteiger partial charge >= 0.3 is 5.69 Å². The Balaban J connectivity index is 1.37. The average molecular weight is 359 g/mol. The minimum Gasteiger partial charge on any atom is -0.508 e. The maximum atomic E-state index is 11.4. The number of ether oxygens (including phenoxy) is 2. The maximum absolute atomic E-state index is 11.4. The highest BCUT2D eigenvalue weighted by atomic mass is 16.5. The molecule has 0 amide bonds. The van der Waals surface area contributed by atoms with Gasteiger partial charge in [-0.1, -0.05) is 6.07 Å². The van der Waals surface area contributed by atoms with Crippen molar-refractivity contribution in [1.29, 1.82) is 0 Å². The number of phenols is 1. The van der Waals surface area contributed by atoms with Crippen LogP contribution in [0.3, 0.4) is 0 Å². The molecule has 2 aromatic carbocycles. The molecule has 3 rings (SSSR count). The number of benzene rings is 2. The van der Waals surface area contributed by atoms with Crippen LogP contribution in [0.15, 0.2) is 47.3 Å². The maximum Gasteiger partial charge on any atom is 0.323 e. The van der Waals surface area contributed by atoms with Crippen molar-refractivity contribution < 1.29 is 19.7 Å². The van der Waals surface area contributed by atoms with Crippen LogP contribution in [0.2, 0.25) is 0 Å². The molecular weight excluding hydrogens is 338 g/mol. The first-order valence-corrected chi connectivity index (χ1v) is 8.26. The van der Waals surface area contributed by atoms with Crippen molar-refractivity contribution in [3.05, 3.63) is 52.9 Å². The van der Waals surface area contributed by atoms with E-state index in [9.17, 15) is 15.0 Å². The number of nitrogens with one attached hydrogen (secondary N) is 3. The normalized spacial score (nSPS) is 12.2. The first-order chi connectivity index (χ1) is 12.6. The van der Waals surface area contributed by atoms with E-state index in [1.165, 1.54) is 0 Å². The Kier molecular flexibility index (Phi) is 5.77. The number of aromatic hydroxyl groups is 1. The molecule has 0 fully saturated rings. The summed E-state index contributed by atoms with van der Waals surface area (Å²) in [5, 5.41) is 22.3. The topological polar surface area (TPSA) is 120 Å². The number of imidazole rings is 1. The second-order valence-corrected chi connectivity index (χ2v) is 5.77. The number of hydrogen-bond acceptors (Lipinski definition) is 6. The lowest BCUT2D eigenvalue weighted by atomic mass is 10.3. The van der Waals surface area contributed by atoms with Crippen LogP contribution in [0.4, 0.5) is 0 Å². The lowest BCUT2D eigenvalue weighted by Crippen LogP contribution is -2.33. The lowest BCUT2D eigenvalue weighted by Gasteiger charge is -2.14. The number of H-pyrrole nitrogens is 2. The van der Waals surface area contributed by atoms with Crippen molar-refractivity contribution in [3.8, 4) is 17.2 Å². The number of fused-ring (bicyclic) bond motifs is 1. The van der Waals surface area contributed by atoms with Gasteiger partial charge in [0.25, 0.3) is 0 Å². The zero-order valence-electron chi connectivity index (χ0n) is 14.1. The molecule has 1 atom stereocenters. The second-order valence-electron chi connectivity index (χ2n) is 5.77. The third kappa shape index (κ3) is 4.78. The van der Waals surface area contributed by atoms with Gasteiger partial charge in [0.05, 0.1) is 5.52 Å². The summed E-state index contributed by atoms with van der Waals surface area (Å²) in [7, 11) is 0. The summed E-state index contributed by atoms with van der Waals surface area (Å²) in [5.41, 5.74) is 0.943. The van der Waals surface area contributed by atoms with Gasteiger partial charge in [0, 0.05) is 13.1 Å². The molecule has 138 valence electrons. The monoisotopic (exact) mass is 359 g/mol. The molecule has 8 nitrogen and oxygen atoms in total. The number of rotatable bonds is 9. The van der Waals surface area contributed by atoms with Crippen molar-refractivity contribution >= 4 is 11.0 Å². The fourth-order valence-electron chi connectivity index (χ4n) is 2.45. The minimum absolute atomic E-state index is 0.0954. The smallest absolute Gasteiger partial charge is 0.323 e. The van der Waals surface area contributed by atoms with Crippen LogP contribution in [0.5, 0.6) is 17.2 Å². The van der Waals surface area contributed by atoms with Crippen LogP contribution in [0.1, 0.15) is 0 Å². The summed E-state index contributed by atoms with van der Waals surface area (Å²) in [6, 6.07) is 11.8. The van der Waals surface area contributed by atoms with Crippen LogP contribution < -0.4 is 20.5 Å². The van der Waals surface area contributed by atoms with Crippen molar-refractivity contribution in [1.82, 2.24) is 15.3 Å². The van der Waals surface area contributed by atoms with Crippen molar-refractivity contribution in [2.75, 3.05) is 26.3 Å². The SMILES string of the molecule is O=c1[nH]c2cccc(OCC(O)CNCCOc3ccc(O)cc3)c2[nH]1. The first-order valence-electron chi connectivity index (χ1n) is 8.26. The summed E-state index contributed by atoms with van der Waals surface area (Å²) in [6.45, 7) is 1.43. The van der Waals surface area contributed by atoms with Crippen molar-refractivity contribution in [3.63, 3.8) is 0 Å². The number of aliphatic hydroxyl groups excluding tert-OH is 1. The molecule has 0 saturated carbocycles. The van der Waals surface area contributed by atoms with Gasteiger partial charge in [0.15, 0.2) is 0 Å². The third-order valence-electron chi connectivity index (χ3n) is 3.71. The minimum atomic E-state index is -0.704. The number of hydrogen-bond donors (Lipinski definition) is 5. The van der Waals surface area contributed by atoms with E-state index >= 15 is 0 Å². The molecular formula is C18H21N3O5. The molecule has 5 N–H and O–H groups in total. The van der Waals surface area contributed by atoms with E-state index in [-0.39, 0.29) is 18.0 Å². The van der Waals surface area contributed by atoms with E-state index < -0.39 is 6.10 Å². The summed E-state index contributed by atoms with van der Waals surface area (Å²) < 4.78 is 11.1. The Morgan fingerprint density at radius 2 is 1.88 bits per heavy atom. The van der Waals surface area contributed by atoms with Gasteiger partial charge in [-0.2, -0.15) is 0 Å². The molecule has 0 aliphatic rings. The lowest BCUT2D eigenvalue weighted by molar-refractivity contribution is 0.106. The number of aromatic amines is 2. The van der Waals surface area contributed by atoms with E-state index in [0.717, 1.165) is 0 Å². The fourth-order valence-corrected chi connectivity index (χ4v) is 2.45. The summed E-state index contributed by atoms with van der Waals surface area (Å²) in [5.74, 6) is 1.37. The number of phenolic OH excluding ortho intramolecular Hbond substituents is 1. The molecule has 0 bridgehead atoms. The highest BCUT2D eigenvalue weighted by molar-refractivity contribution is 5.80. The highest BCUT2D eigenvalue weighted by Crippen LogP contribution is 2.21. The zero-order valence-corrected chi connectivity index (χ0v) is 14.1. The molecule has 0 radical (unpaired) electrons. The molecule has 26 heavy (non-hydrogen) atoms. The molecule has 0 aliphatic heterocycles. The van der Waals surface area contributed by atoms with Crippen LogP contribution >= 0.6 is 0 Å². The van der Waals surface area contributed by atoms with Crippen molar-refractivity contribution in [2.24, 2.45) is 0 Å². The molecule has 8 heteroatoms. The molecule has 1 aromatic heterocycles.